The van der Waals surface area contributed by atoms with Gasteiger partial charge in [-0.3, -0.25) is 19.2 Å². The van der Waals surface area contributed by atoms with Crippen molar-refractivity contribution in [3.8, 4) is 23.0 Å². The molecule has 13 heteroatoms. The number of ether oxygens (including phenoxy) is 3. The average Bonchev–Trinajstić information content (AvgIpc) is 3.58. The van der Waals surface area contributed by atoms with Crippen LogP contribution in [-0.4, -0.2) is 59.1 Å². The molecule has 0 aliphatic heterocycles. The van der Waals surface area contributed by atoms with Gasteiger partial charge < -0.3 is 29.5 Å². The fourth-order valence-corrected chi connectivity index (χ4v) is 6.63. The van der Waals surface area contributed by atoms with Crippen molar-refractivity contribution in [3.05, 3.63) is 45.1 Å². The normalized spacial score (nSPS) is 12.7. The highest BCUT2D eigenvalue weighted by Crippen LogP contribution is 2.44. The molecule has 0 fully saturated rings. The Morgan fingerprint density at radius 3 is 2.00 bits per heavy atom. The molecule has 0 amide bonds. The predicted octanol–water partition coefficient (Wildman–Crippen LogP) is 6.92. The van der Waals surface area contributed by atoms with E-state index < -0.39 is 23.8 Å². The number of aliphatic carboxylic acids is 2. The number of aromatic hydroxyl groups is 1. The summed E-state index contributed by atoms with van der Waals surface area (Å²) < 4.78 is 18.5. The van der Waals surface area contributed by atoms with E-state index in [1.807, 2.05) is 0 Å². The van der Waals surface area contributed by atoms with Crippen LogP contribution < -0.4 is 14.2 Å². The molecule has 0 saturated heterocycles. The fraction of sp³-hybridized carbons (Fsp3) is 0.333. The van der Waals surface area contributed by atoms with Crippen molar-refractivity contribution < 1.29 is 48.7 Å². The number of carbonyl (C=O) groups excluding carboxylic acids is 2. The Balaban J connectivity index is 1.38. The molecule has 0 unspecified atom stereocenters. The number of rotatable bonds is 15. The van der Waals surface area contributed by atoms with Gasteiger partial charge in [-0.15, -0.1) is 22.7 Å². The van der Waals surface area contributed by atoms with E-state index in [9.17, 15) is 24.3 Å². The van der Waals surface area contributed by atoms with Gasteiger partial charge >= 0.3 is 11.9 Å². The van der Waals surface area contributed by atoms with Crippen molar-refractivity contribution in [3.63, 3.8) is 0 Å². The molecule has 3 N–H and O–H groups in total. The van der Waals surface area contributed by atoms with Crippen LogP contribution in [0.5, 0.6) is 23.0 Å². The number of hydrogen-bond acceptors (Lipinski definition) is 10. The molecule has 43 heavy (non-hydrogen) atoms. The van der Waals surface area contributed by atoms with Gasteiger partial charge in [0.25, 0.3) is 0 Å². The summed E-state index contributed by atoms with van der Waals surface area (Å²) in [6.45, 7) is 3.33. The number of fused-ring (bicyclic) bond motifs is 2. The Morgan fingerprint density at radius 2 is 1.40 bits per heavy atom. The highest BCUT2D eigenvalue weighted by Gasteiger charge is 2.22. The summed E-state index contributed by atoms with van der Waals surface area (Å²) in [7, 11) is 1.50. The summed E-state index contributed by atoms with van der Waals surface area (Å²) in [5.41, 5.74) is 0. The van der Waals surface area contributed by atoms with Crippen LogP contribution in [0.1, 0.15) is 52.5 Å². The van der Waals surface area contributed by atoms with Crippen molar-refractivity contribution in [2.24, 2.45) is 11.8 Å². The molecule has 0 saturated carbocycles. The third-order valence-electron chi connectivity index (χ3n) is 6.67. The number of hydrogen-bond donors (Lipinski definition) is 3. The van der Waals surface area contributed by atoms with Crippen LogP contribution in [0.4, 0.5) is 0 Å². The van der Waals surface area contributed by atoms with Crippen molar-refractivity contribution >= 4 is 78.0 Å². The van der Waals surface area contributed by atoms with Gasteiger partial charge in [0, 0.05) is 46.2 Å². The first-order valence-electron chi connectivity index (χ1n) is 13.2. The zero-order valence-electron chi connectivity index (χ0n) is 23.5. The molecule has 2 aromatic carbocycles. The van der Waals surface area contributed by atoms with Crippen molar-refractivity contribution in [1.29, 1.82) is 0 Å². The van der Waals surface area contributed by atoms with E-state index in [2.05, 4.69) is 0 Å². The molecule has 0 spiro atoms. The average molecular weight is 649 g/mol. The third kappa shape index (κ3) is 7.38. The second-order valence-corrected chi connectivity index (χ2v) is 12.5. The van der Waals surface area contributed by atoms with Gasteiger partial charge in [-0.05, 0) is 23.6 Å². The second kappa shape index (κ2) is 13.6. The number of thiophene rings is 2. The summed E-state index contributed by atoms with van der Waals surface area (Å²) in [5, 5.41) is 30.1. The van der Waals surface area contributed by atoms with Crippen LogP contribution in [0.2, 0.25) is 5.02 Å². The molecule has 10 nitrogen and oxygen atoms in total. The van der Waals surface area contributed by atoms with E-state index in [4.69, 9.17) is 36.0 Å². The second-order valence-electron chi connectivity index (χ2n) is 10.00. The monoisotopic (exact) mass is 648 g/mol. The highest BCUT2D eigenvalue weighted by atomic mass is 35.5. The summed E-state index contributed by atoms with van der Waals surface area (Å²) in [6.07, 6.45) is 0.174. The zero-order chi connectivity index (χ0) is 31.4. The Bertz CT molecular complexity index is 1710. The lowest BCUT2D eigenvalue weighted by Gasteiger charge is -2.13. The maximum Gasteiger partial charge on any atom is 0.306 e. The SMILES string of the molecule is COc1cc2sc(C(=O)C[C@H](C)C(=O)O)cc2cc1OCCCOc1c(O)cc2sc(C(=O)C[C@H](C)C(=O)O)cc2c1Cl. The molecule has 0 radical (unpaired) electrons. The van der Waals surface area contributed by atoms with Crippen molar-refractivity contribution in [2.45, 2.75) is 33.1 Å². The van der Waals surface area contributed by atoms with Gasteiger partial charge in [0.05, 0.1) is 46.9 Å². The van der Waals surface area contributed by atoms with Crippen LogP contribution in [0.3, 0.4) is 0 Å². The number of phenols is 1. The third-order valence-corrected chi connectivity index (χ3v) is 9.31. The molecule has 0 aliphatic rings. The van der Waals surface area contributed by atoms with Crippen LogP contribution in [0, 0.1) is 11.8 Å². The summed E-state index contributed by atoms with van der Waals surface area (Å²) in [4.78, 5) is 48.1. The number of halogens is 1. The minimum atomic E-state index is -1.06. The van der Waals surface area contributed by atoms with E-state index in [0.29, 0.717) is 37.8 Å². The van der Waals surface area contributed by atoms with E-state index in [1.54, 1.807) is 24.3 Å². The Labute approximate surface area is 259 Å². The summed E-state index contributed by atoms with van der Waals surface area (Å²) >= 11 is 8.89. The smallest absolute Gasteiger partial charge is 0.306 e. The Morgan fingerprint density at radius 1 is 0.814 bits per heavy atom. The number of carbonyl (C=O) groups is 4. The maximum absolute atomic E-state index is 12.6. The van der Waals surface area contributed by atoms with Gasteiger partial charge in [0.1, 0.15) is 0 Å². The molecule has 2 heterocycles. The number of ketones is 2. The van der Waals surface area contributed by atoms with Crippen molar-refractivity contribution in [2.75, 3.05) is 20.3 Å². The van der Waals surface area contributed by atoms with Crippen LogP contribution >= 0.6 is 34.3 Å². The maximum atomic E-state index is 12.6. The van der Waals surface area contributed by atoms with E-state index in [1.165, 1.54) is 38.4 Å². The van der Waals surface area contributed by atoms with Crippen molar-refractivity contribution in [1.82, 2.24) is 0 Å². The molecule has 0 bridgehead atoms. The lowest BCUT2D eigenvalue weighted by molar-refractivity contribution is -0.141. The van der Waals surface area contributed by atoms with E-state index in [0.717, 1.165) is 21.4 Å². The number of Topliss-reactive ketones (excluding diaryl/α,β-unsaturated/α-hetero) is 2. The van der Waals surface area contributed by atoms with Crippen LogP contribution in [0.15, 0.2) is 30.3 Å². The zero-order valence-corrected chi connectivity index (χ0v) is 25.9. The van der Waals surface area contributed by atoms with Gasteiger partial charge in [-0.2, -0.15) is 0 Å². The minimum Gasteiger partial charge on any atom is -0.504 e. The largest absolute Gasteiger partial charge is 0.504 e. The lowest BCUT2D eigenvalue weighted by Crippen LogP contribution is -2.13. The number of benzene rings is 2. The highest BCUT2D eigenvalue weighted by molar-refractivity contribution is 7.21. The molecule has 4 aromatic rings. The predicted molar refractivity (Wildman–Crippen MR) is 164 cm³/mol. The molecule has 4 rings (SSSR count). The fourth-order valence-electron chi connectivity index (χ4n) is 4.19. The number of carboxylic acid groups (broad SMARTS) is 2. The molecule has 228 valence electrons. The number of phenolic OH excluding ortho intramolecular Hbond substituents is 1. The summed E-state index contributed by atoms with van der Waals surface area (Å²) in [6, 6.07) is 8.26. The first-order chi connectivity index (χ1) is 20.4. The van der Waals surface area contributed by atoms with Gasteiger partial charge in [0.15, 0.2) is 34.6 Å². The Kier molecular flexibility index (Phi) is 10.2. The lowest BCUT2D eigenvalue weighted by atomic mass is 10.0. The van der Waals surface area contributed by atoms with Crippen LogP contribution in [-0.2, 0) is 9.59 Å². The van der Waals surface area contributed by atoms with Gasteiger partial charge in [0.2, 0.25) is 0 Å². The van der Waals surface area contributed by atoms with Gasteiger partial charge in [-0.1, -0.05) is 25.4 Å². The molecule has 2 aromatic heterocycles. The molecular formula is C30H29ClO10S2. The first kappa shape index (κ1) is 32.1. The van der Waals surface area contributed by atoms with E-state index >= 15 is 0 Å². The number of methoxy groups -OCH3 is 1. The Hall–Kier alpha value is -3.87. The summed E-state index contributed by atoms with van der Waals surface area (Å²) in [5.74, 6) is -3.44. The molecule has 2 atom stereocenters. The first-order valence-corrected chi connectivity index (χ1v) is 15.2. The van der Waals surface area contributed by atoms with E-state index in [-0.39, 0.29) is 54.1 Å². The van der Waals surface area contributed by atoms with Crippen LogP contribution in [0.25, 0.3) is 20.2 Å². The van der Waals surface area contributed by atoms with Gasteiger partial charge in [-0.25, -0.2) is 0 Å². The minimum absolute atomic E-state index is 0.0663. The quantitative estimate of drug-likeness (QED) is 0.0913. The molecule has 0 aliphatic carbocycles. The standard InChI is InChI=1S/C30H29ClO10S2/c1-14(29(35)36)7-18(32)25-10-16-9-22(21(39-3)13-23(16)42-25)40-5-4-6-41-28-20(34)12-24-17(27(28)31)11-26(43-24)19(33)8-15(2)30(37)38/h9-15,34H,4-8H2,1-3H3,(H,35,36)(H,37,38)/t14-,15-/m0/s1. The topological polar surface area (TPSA) is 157 Å². The number of carboxylic acids is 2. The molecular weight excluding hydrogens is 620 g/mol.